The molecule has 5 amide bonds. The number of nitrogens with one attached hydrogen (secondary N) is 1. The summed E-state index contributed by atoms with van der Waals surface area (Å²) in [6.07, 6.45) is 1.42. The van der Waals surface area contributed by atoms with Gasteiger partial charge in [0, 0.05) is 37.8 Å². The number of hydrogen-bond acceptors (Lipinski definition) is 11. The van der Waals surface area contributed by atoms with E-state index in [0.29, 0.717) is 43.8 Å². The average molecular weight is 923 g/mol. The van der Waals surface area contributed by atoms with E-state index in [4.69, 9.17) is 19.9 Å². The van der Waals surface area contributed by atoms with Gasteiger partial charge in [0.1, 0.15) is 23.6 Å². The van der Waals surface area contributed by atoms with Crippen molar-refractivity contribution in [1.29, 1.82) is 0 Å². The maximum Gasteiger partial charge on any atom is 0.407 e. The van der Waals surface area contributed by atoms with Gasteiger partial charge in [-0.15, -0.1) is 11.3 Å². The smallest absolute Gasteiger partial charge is 0.407 e. The van der Waals surface area contributed by atoms with Crippen LogP contribution in [0.15, 0.2) is 48.0 Å². The first-order valence-electron chi connectivity index (χ1n) is 22.4. The van der Waals surface area contributed by atoms with Crippen LogP contribution >= 0.6 is 11.3 Å². The first-order valence-corrected chi connectivity index (χ1v) is 23.3. The average Bonchev–Trinajstić information content (AvgIpc) is 3.62. The summed E-state index contributed by atoms with van der Waals surface area (Å²) in [5.74, 6) is -2.32. The molecule has 0 spiro atoms. The number of β-amino-alcohol motifs (C(OH)–C–C–N with tert-alkyl or cyclic N) is 1. The molecule has 3 aromatic rings. The Morgan fingerprint density at radius 2 is 1.75 bits per heavy atom. The van der Waals surface area contributed by atoms with Crippen LogP contribution in [0.25, 0.3) is 10.4 Å². The van der Waals surface area contributed by atoms with Crippen LogP contribution < -0.4 is 15.8 Å². The fourth-order valence-electron chi connectivity index (χ4n) is 8.05. The molecule has 15 nitrogen and oxygen atoms in total. The number of hydrogen-bond donors (Lipinski definition) is 3. The van der Waals surface area contributed by atoms with E-state index >= 15 is 4.39 Å². The number of benzene rings is 2. The third-order valence-corrected chi connectivity index (χ3v) is 12.7. The molecule has 4 N–H and O–H groups in total. The van der Waals surface area contributed by atoms with Crippen LogP contribution in [-0.2, 0) is 48.2 Å². The Labute approximate surface area is 386 Å². The lowest BCUT2D eigenvalue weighted by molar-refractivity contribution is -0.157. The van der Waals surface area contributed by atoms with Crippen LogP contribution in [-0.4, -0.2) is 111 Å². The summed E-state index contributed by atoms with van der Waals surface area (Å²) in [6, 6.07) is 12.3. The number of carbonyl (C=O) groups excluding carboxylic acids is 5. The van der Waals surface area contributed by atoms with Gasteiger partial charge < -0.3 is 40.2 Å². The Kier molecular flexibility index (Phi) is 17.1. The highest BCUT2D eigenvalue weighted by molar-refractivity contribution is 7.13. The van der Waals surface area contributed by atoms with Crippen molar-refractivity contribution >= 4 is 42.1 Å². The number of primary amides is 1. The second-order valence-corrected chi connectivity index (χ2v) is 20.2. The maximum absolute atomic E-state index is 15.5. The lowest BCUT2D eigenvalue weighted by Crippen LogP contribution is -2.60. The number of nitrogens with two attached hydrogens (primary N) is 1. The number of carbonyl (C=O) groups is 5. The zero-order valence-electron chi connectivity index (χ0n) is 39.0. The van der Waals surface area contributed by atoms with Crippen molar-refractivity contribution in [2.24, 2.45) is 11.1 Å². The van der Waals surface area contributed by atoms with Crippen molar-refractivity contribution < 1.29 is 47.7 Å². The molecule has 2 fully saturated rings. The Hall–Kier alpha value is -5.13. The van der Waals surface area contributed by atoms with Crippen LogP contribution in [0.3, 0.4) is 0 Å². The van der Waals surface area contributed by atoms with Gasteiger partial charge in [-0.2, -0.15) is 0 Å². The second-order valence-electron chi connectivity index (χ2n) is 19.3. The summed E-state index contributed by atoms with van der Waals surface area (Å²) in [5.41, 5.74) is 10.2. The Bertz CT molecular complexity index is 2100. The molecule has 0 radical (unpaired) electrons. The second kappa shape index (κ2) is 21.9. The number of alkyl carbamates (subject to hydrolysis) is 1. The molecule has 5 rings (SSSR count). The standard InChI is InChI=1S/C48H67FN6O9S/c1-31-42(65-28-51-31)35-16-17-36(25-53(29-56)41-24-37(58)26-54(41)44(60)43(46(3,4)5)55(30-57)48(49)20-21-48)39(23-35)62-22-10-9-11-33-12-14-34(15-13-33)27-63-32(2)38(18-19-40(50)59)52-45(61)64-47(6,7)8/h12-17,23,28-30,32,37-38,41,43,58H,9-11,18-22,24-27H2,1-8H3,(H2,50,59)(H,52,61)/t32-,37-,38+,41+,43-/m1/s1. The molecule has 2 heterocycles. The lowest BCUT2D eigenvalue weighted by atomic mass is 9.84. The minimum absolute atomic E-state index is 0.0652. The largest absolute Gasteiger partial charge is 0.493 e. The van der Waals surface area contributed by atoms with Crippen molar-refractivity contribution in [2.45, 2.75) is 162 Å². The van der Waals surface area contributed by atoms with Gasteiger partial charge in [0.05, 0.1) is 54.1 Å². The quantitative estimate of drug-likeness (QED) is 0.0518. The van der Waals surface area contributed by atoms with E-state index in [2.05, 4.69) is 22.4 Å². The van der Waals surface area contributed by atoms with Gasteiger partial charge in [0.15, 0.2) is 5.79 Å². The first-order chi connectivity index (χ1) is 30.6. The van der Waals surface area contributed by atoms with Gasteiger partial charge in [-0.25, -0.2) is 14.2 Å². The number of unbranched alkanes of at least 4 members (excludes halogenated alkanes) is 1. The van der Waals surface area contributed by atoms with Gasteiger partial charge in [0.25, 0.3) is 0 Å². The molecule has 0 bridgehead atoms. The summed E-state index contributed by atoms with van der Waals surface area (Å²) < 4.78 is 33.4. The van der Waals surface area contributed by atoms with Crippen LogP contribution in [0, 0.1) is 12.3 Å². The highest BCUT2D eigenvalue weighted by Gasteiger charge is 2.56. The highest BCUT2D eigenvalue weighted by atomic mass is 32.1. The zero-order chi connectivity index (χ0) is 47.7. The zero-order valence-corrected chi connectivity index (χ0v) is 39.8. The molecule has 1 aliphatic carbocycles. The van der Waals surface area contributed by atoms with Gasteiger partial charge in [0.2, 0.25) is 24.6 Å². The third kappa shape index (κ3) is 14.2. The Morgan fingerprint density at radius 3 is 2.34 bits per heavy atom. The molecule has 17 heteroatoms. The van der Waals surface area contributed by atoms with Gasteiger partial charge in [-0.1, -0.05) is 57.2 Å². The number of likely N-dealkylation sites (tertiary alicyclic amines) is 1. The number of rotatable bonds is 23. The number of halogens is 1. The predicted octanol–water partition coefficient (Wildman–Crippen LogP) is 6.79. The van der Waals surface area contributed by atoms with Crippen LogP contribution in [0.4, 0.5) is 9.18 Å². The van der Waals surface area contributed by atoms with Crippen molar-refractivity contribution in [3.8, 4) is 16.2 Å². The number of alkyl halides is 1. The molecular weight excluding hydrogens is 856 g/mol. The Balaban J connectivity index is 1.21. The number of aliphatic hydroxyl groups is 1. The van der Waals surface area contributed by atoms with Crippen LogP contribution in [0.2, 0.25) is 0 Å². The number of aliphatic hydroxyl groups excluding tert-OH is 1. The van der Waals surface area contributed by atoms with Crippen molar-refractivity contribution in [3.05, 3.63) is 70.4 Å². The van der Waals surface area contributed by atoms with E-state index in [1.165, 1.54) is 21.1 Å². The van der Waals surface area contributed by atoms with Crippen molar-refractivity contribution in [1.82, 2.24) is 25.0 Å². The maximum atomic E-state index is 15.5. The first kappa shape index (κ1) is 50.9. The minimum Gasteiger partial charge on any atom is -0.493 e. The fourth-order valence-corrected chi connectivity index (χ4v) is 8.85. The van der Waals surface area contributed by atoms with Gasteiger partial charge in [-0.3, -0.25) is 24.1 Å². The lowest BCUT2D eigenvalue weighted by Gasteiger charge is -2.43. The minimum atomic E-state index is -1.90. The number of thiazole rings is 1. The molecule has 1 saturated carbocycles. The fraction of sp³-hybridized carbons (Fsp3) is 0.583. The highest BCUT2D eigenvalue weighted by Crippen LogP contribution is 2.46. The topological polar surface area (TPSA) is 194 Å². The third-order valence-electron chi connectivity index (χ3n) is 11.7. The van der Waals surface area contributed by atoms with E-state index in [0.717, 1.165) is 51.4 Å². The molecular formula is C48H67FN6O9S. The molecule has 2 aromatic carbocycles. The number of aryl methyl sites for hydroxylation is 2. The predicted molar refractivity (Wildman–Crippen MR) is 245 cm³/mol. The van der Waals surface area contributed by atoms with E-state index < -0.39 is 65.2 Å². The summed E-state index contributed by atoms with van der Waals surface area (Å²) in [5, 5.41) is 13.7. The SMILES string of the molecule is Cc1ncsc1-c1ccc(CN(C=O)[C@@H]2C[C@@H](O)CN2C(=O)[C@@H](N(C=O)C2(F)CC2)C(C)(C)C)c(OCCCCc2ccc(CO[C@H](C)[C@H](CCC(N)=O)NC(=O)OC(C)(C)C)cc2)c1. The summed E-state index contributed by atoms with van der Waals surface area (Å²) in [6.45, 7) is 15.1. The van der Waals surface area contributed by atoms with Crippen molar-refractivity contribution in [2.75, 3.05) is 13.2 Å². The normalized spacial score (nSPS) is 18.3. The van der Waals surface area contributed by atoms with E-state index in [9.17, 15) is 29.1 Å². The van der Waals surface area contributed by atoms with Gasteiger partial charge >= 0.3 is 6.09 Å². The molecule has 0 unspecified atom stereocenters. The number of amides is 5. The molecule has 356 valence electrons. The van der Waals surface area contributed by atoms with E-state index in [1.54, 1.807) is 47.1 Å². The summed E-state index contributed by atoms with van der Waals surface area (Å²) in [4.78, 5) is 72.6. The molecule has 5 atom stereocenters. The number of ether oxygens (including phenoxy) is 3. The van der Waals surface area contributed by atoms with Gasteiger partial charge in [-0.05, 0) is 88.5 Å². The van der Waals surface area contributed by atoms with E-state index in [-0.39, 0.29) is 38.8 Å². The molecule has 1 aliphatic heterocycles. The monoisotopic (exact) mass is 922 g/mol. The molecule has 65 heavy (non-hydrogen) atoms. The summed E-state index contributed by atoms with van der Waals surface area (Å²) >= 11 is 1.51. The Morgan fingerprint density at radius 1 is 1.06 bits per heavy atom. The molecule has 1 aromatic heterocycles. The molecule has 1 saturated heterocycles. The number of aromatic nitrogens is 1. The molecule has 2 aliphatic rings. The van der Waals surface area contributed by atoms with E-state index in [1.807, 2.05) is 44.2 Å². The van der Waals surface area contributed by atoms with Crippen LogP contribution in [0.5, 0.6) is 5.75 Å². The number of nitrogens with zero attached hydrogens (tertiary/aromatic N) is 4. The van der Waals surface area contributed by atoms with Crippen molar-refractivity contribution in [3.63, 3.8) is 0 Å². The van der Waals surface area contributed by atoms with Crippen LogP contribution in [0.1, 0.15) is 116 Å². The summed E-state index contributed by atoms with van der Waals surface area (Å²) in [7, 11) is 0.